The summed E-state index contributed by atoms with van der Waals surface area (Å²) in [6, 6.07) is 7.12. The molecule has 1 amide bonds. The average molecular weight is 311 g/mol. The third-order valence-electron chi connectivity index (χ3n) is 3.76. The highest BCUT2D eigenvalue weighted by atomic mass is 35.5. The second kappa shape index (κ2) is 7.66. The average Bonchev–Trinajstić information content (AvgIpc) is 2.47. The maximum atomic E-state index is 12.4. The number of hydrogen-bond acceptors (Lipinski definition) is 3. The van der Waals surface area contributed by atoms with Crippen LogP contribution in [0.25, 0.3) is 0 Å². The van der Waals surface area contributed by atoms with Gasteiger partial charge in [-0.1, -0.05) is 17.7 Å². The van der Waals surface area contributed by atoms with Crippen LogP contribution in [0.3, 0.4) is 0 Å². The Labute approximate surface area is 131 Å². The number of halogens is 1. The topological polar surface area (TPSA) is 41.6 Å². The van der Waals surface area contributed by atoms with Crippen molar-refractivity contribution >= 4 is 17.5 Å². The number of amides is 1. The van der Waals surface area contributed by atoms with Crippen LogP contribution in [-0.4, -0.2) is 43.6 Å². The van der Waals surface area contributed by atoms with E-state index in [1.54, 1.807) is 30.0 Å². The summed E-state index contributed by atoms with van der Waals surface area (Å²) < 4.78 is 5.68. The lowest BCUT2D eigenvalue weighted by molar-refractivity contribution is -0.137. The number of nitrogens with one attached hydrogen (secondary N) is 1. The number of ether oxygens (including phenoxy) is 1. The summed E-state index contributed by atoms with van der Waals surface area (Å²) in [6.07, 6.45) is 1.85. The van der Waals surface area contributed by atoms with Crippen LogP contribution in [0, 0.1) is 5.92 Å². The predicted molar refractivity (Wildman–Crippen MR) is 84.8 cm³/mol. The number of carbonyl (C=O) groups excluding carboxylic acids is 1. The molecule has 2 unspecified atom stereocenters. The van der Waals surface area contributed by atoms with Crippen LogP contribution in [0.4, 0.5) is 0 Å². The normalized spacial score (nSPS) is 19.9. The number of piperidine rings is 1. The Morgan fingerprint density at radius 2 is 2.38 bits per heavy atom. The van der Waals surface area contributed by atoms with Gasteiger partial charge in [0.2, 0.25) is 0 Å². The van der Waals surface area contributed by atoms with Crippen molar-refractivity contribution in [3.63, 3.8) is 0 Å². The van der Waals surface area contributed by atoms with Gasteiger partial charge in [-0.15, -0.1) is 0 Å². The van der Waals surface area contributed by atoms with E-state index in [1.807, 2.05) is 13.1 Å². The highest BCUT2D eigenvalue weighted by molar-refractivity contribution is 6.30. The minimum Gasteiger partial charge on any atom is -0.481 e. The van der Waals surface area contributed by atoms with E-state index in [9.17, 15) is 4.79 Å². The van der Waals surface area contributed by atoms with Crippen molar-refractivity contribution in [2.45, 2.75) is 25.9 Å². The van der Waals surface area contributed by atoms with E-state index in [4.69, 9.17) is 16.3 Å². The second-order valence-corrected chi connectivity index (χ2v) is 6.09. The maximum absolute atomic E-state index is 12.4. The fraction of sp³-hybridized carbons (Fsp3) is 0.562. The molecule has 5 heteroatoms. The molecule has 1 aromatic rings. The summed E-state index contributed by atoms with van der Waals surface area (Å²) in [5, 5.41) is 3.98. The summed E-state index contributed by atoms with van der Waals surface area (Å²) in [5.74, 6) is 1.16. The standard InChI is InChI=1S/C16H23ClN2O2/c1-12(21-15-7-3-6-14(17)9-15)16(20)19(2)11-13-5-4-8-18-10-13/h3,6-7,9,12-13,18H,4-5,8,10-11H2,1-2H3. The first-order valence-corrected chi connectivity index (χ1v) is 7.82. The number of carbonyl (C=O) groups is 1. The molecule has 1 aromatic carbocycles. The van der Waals surface area contributed by atoms with Crippen LogP contribution in [0.1, 0.15) is 19.8 Å². The highest BCUT2D eigenvalue weighted by Gasteiger charge is 2.23. The molecule has 2 atom stereocenters. The lowest BCUT2D eigenvalue weighted by Crippen LogP contribution is -2.43. The summed E-state index contributed by atoms with van der Waals surface area (Å²) in [6.45, 7) is 4.62. The van der Waals surface area contributed by atoms with Crippen LogP contribution in [-0.2, 0) is 4.79 Å². The molecule has 1 fully saturated rings. The van der Waals surface area contributed by atoms with E-state index in [1.165, 1.54) is 12.8 Å². The fourth-order valence-electron chi connectivity index (χ4n) is 2.66. The molecule has 0 saturated carbocycles. The van der Waals surface area contributed by atoms with Crippen LogP contribution >= 0.6 is 11.6 Å². The molecule has 1 heterocycles. The molecule has 1 aliphatic rings. The van der Waals surface area contributed by atoms with Gasteiger partial charge in [-0.25, -0.2) is 0 Å². The number of benzene rings is 1. The minimum atomic E-state index is -0.509. The van der Waals surface area contributed by atoms with E-state index < -0.39 is 6.10 Å². The molecule has 1 saturated heterocycles. The van der Waals surface area contributed by atoms with E-state index in [0.717, 1.165) is 19.6 Å². The van der Waals surface area contributed by atoms with Crippen LogP contribution in [0.15, 0.2) is 24.3 Å². The summed E-state index contributed by atoms with van der Waals surface area (Å²) in [5.41, 5.74) is 0. The van der Waals surface area contributed by atoms with Gasteiger partial charge in [-0.05, 0) is 57.0 Å². The SMILES string of the molecule is CC(Oc1cccc(Cl)c1)C(=O)N(C)CC1CCCNC1. The number of likely N-dealkylation sites (N-methyl/N-ethyl adjacent to an activating group) is 1. The molecule has 1 N–H and O–H groups in total. The van der Waals surface area contributed by atoms with E-state index in [-0.39, 0.29) is 5.91 Å². The third kappa shape index (κ3) is 4.90. The van der Waals surface area contributed by atoms with Crippen molar-refractivity contribution in [3.05, 3.63) is 29.3 Å². The smallest absolute Gasteiger partial charge is 0.263 e. The van der Waals surface area contributed by atoms with Crippen molar-refractivity contribution in [2.75, 3.05) is 26.7 Å². The zero-order chi connectivity index (χ0) is 15.2. The Morgan fingerprint density at radius 1 is 1.57 bits per heavy atom. The van der Waals surface area contributed by atoms with Gasteiger partial charge in [0.1, 0.15) is 5.75 Å². The number of hydrogen-bond donors (Lipinski definition) is 1. The first-order valence-electron chi connectivity index (χ1n) is 7.44. The van der Waals surface area contributed by atoms with Gasteiger partial charge < -0.3 is 15.0 Å². The fourth-order valence-corrected chi connectivity index (χ4v) is 2.84. The van der Waals surface area contributed by atoms with Gasteiger partial charge in [0.25, 0.3) is 5.91 Å². The molecule has 0 spiro atoms. The minimum absolute atomic E-state index is 0.000508. The van der Waals surface area contributed by atoms with Crippen molar-refractivity contribution in [2.24, 2.45) is 5.92 Å². The lowest BCUT2D eigenvalue weighted by Gasteiger charge is -2.29. The van der Waals surface area contributed by atoms with Crippen molar-refractivity contribution in [1.29, 1.82) is 0 Å². The molecule has 1 aliphatic heterocycles. The quantitative estimate of drug-likeness (QED) is 0.909. The molecule has 0 aliphatic carbocycles. The number of nitrogens with zero attached hydrogens (tertiary/aromatic N) is 1. The molecular weight excluding hydrogens is 288 g/mol. The molecule has 116 valence electrons. The van der Waals surface area contributed by atoms with E-state index in [2.05, 4.69) is 5.32 Å². The summed E-state index contributed by atoms with van der Waals surface area (Å²) in [7, 11) is 1.84. The van der Waals surface area contributed by atoms with Crippen LogP contribution in [0.2, 0.25) is 5.02 Å². The zero-order valence-corrected chi connectivity index (χ0v) is 13.4. The monoisotopic (exact) mass is 310 g/mol. The Bertz CT molecular complexity index is 475. The Balaban J connectivity index is 1.85. The van der Waals surface area contributed by atoms with Gasteiger partial charge in [0.05, 0.1) is 0 Å². The van der Waals surface area contributed by atoms with E-state index in [0.29, 0.717) is 16.7 Å². The van der Waals surface area contributed by atoms with Crippen LogP contribution in [0.5, 0.6) is 5.75 Å². The Kier molecular flexibility index (Phi) is 5.88. The molecule has 4 nitrogen and oxygen atoms in total. The van der Waals surface area contributed by atoms with Gasteiger partial charge in [-0.3, -0.25) is 4.79 Å². The largest absolute Gasteiger partial charge is 0.481 e. The zero-order valence-electron chi connectivity index (χ0n) is 12.6. The Hall–Kier alpha value is -1.26. The molecular formula is C16H23ClN2O2. The van der Waals surface area contributed by atoms with Gasteiger partial charge in [-0.2, -0.15) is 0 Å². The maximum Gasteiger partial charge on any atom is 0.263 e. The van der Waals surface area contributed by atoms with Gasteiger partial charge in [0, 0.05) is 18.6 Å². The van der Waals surface area contributed by atoms with Crippen LogP contribution < -0.4 is 10.1 Å². The molecule has 21 heavy (non-hydrogen) atoms. The predicted octanol–water partition coefficient (Wildman–Crippen LogP) is 2.57. The Morgan fingerprint density at radius 3 is 3.05 bits per heavy atom. The second-order valence-electron chi connectivity index (χ2n) is 5.65. The lowest BCUT2D eigenvalue weighted by atomic mass is 9.99. The van der Waals surface area contributed by atoms with E-state index >= 15 is 0 Å². The van der Waals surface area contributed by atoms with Gasteiger partial charge in [0.15, 0.2) is 6.10 Å². The molecule has 0 aromatic heterocycles. The highest BCUT2D eigenvalue weighted by Crippen LogP contribution is 2.19. The van der Waals surface area contributed by atoms with Gasteiger partial charge >= 0.3 is 0 Å². The van der Waals surface area contributed by atoms with Crippen molar-refractivity contribution in [1.82, 2.24) is 10.2 Å². The summed E-state index contributed by atoms with van der Waals surface area (Å²) >= 11 is 5.92. The first kappa shape index (κ1) is 16.1. The summed E-state index contributed by atoms with van der Waals surface area (Å²) in [4.78, 5) is 14.1. The van der Waals surface area contributed by atoms with Crippen molar-refractivity contribution < 1.29 is 9.53 Å². The molecule has 0 radical (unpaired) electrons. The van der Waals surface area contributed by atoms with Crippen molar-refractivity contribution in [3.8, 4) is 5.75 Å². The first-order chi connectivity index (χ1) is 10.1. The third-order valence-corrected chi connectivity index (χ3v) is 4.00. The molecule has 0 bridgehead atoms. The molecule has 2 rings (SSSR count). The number of rotatable bonds is 5.